The second-order valence-electron chi connectivity index (χ2n) is 9.04. The first kappa shape index (κ1) is 24.9. The van der Waals surface area contributed by atoms with Crippen molar-refractivity contribution in [1.29, 1.82) is 0 Å². The van der Waals surface area contributed by atoms with E-state index in [1.165, 1.54) is 0 Å². The summed E-state index contributed by atoms with van der Waals surface area (Å²) in [4.78, 5) is 38.2. The van der Waals surface area contributed by atoms with Gasteiger partial charge in [-0.25, -0.2) is 9.59 Å². The second-order valence-corrected chi connectivity index (χ2v) is 9.04. The van der Waals surface area contributed by atoms with Gasteiger partial charge in [-0.05, 0) is 51.9 Å². The number of β-amino-alcohol motifs (C(OH)–C–C–N with tert-alkyl or cyclic N) is 1. The fourth-order valence-electron chi connectivity index (χ4n) is 3.64. The number of amides is 2. The van der Waals surface area contributed by atoms with E-state index < -0.39 is 41.8 Å². The Balaban J connectivity index is 3.01. The third kappa shape index (κ3) is 8.04. The summed E-state index contributed by atoms with van der Waals surface area (Å²) in [5, 5.41) is 21.9. The van der Waals surface area contributed by atoms with Crippen LogP contribution < -0.4 is 5.32 Å². The molecule has 2 unspecified atom stereocenters. The maximum absolute atomic E-state index is 13.2. The highest BCUT2D eigenvalue weighted by atomic mass is 16.6. The van der Waals surface area contributed by atoms with Gasteiger partial charge in [0.15, 0.2) is 0 Å². The number of hydrogen-bond acceptors (Lipinski definition) is 5. The Kier molecular flexibility index (Phi) is 9.14. The minimum Gasteiger partial charge on any atom is -0.480 e. The molecular formula is C21H36N2O6. The molecule has 1 saturated heterocycles. The van der Waals surface area contributed by atoms with E-state index in [2.05, 4.69) is 18.8 Å². The molecule has 1 rings (SSSR count). The third-order valence-electron chi connectivity index (χ3n) is 4.99. The summed E-state index contributed by atoms with van der Waals surface area (Å²) < 4.78 is 5.30. The van der Waals surface area contributed by atoms with Gasteiger partial charge in [-0.15, -0.1) is 6.58 Å². The molecule has 3 N–H and O–H groups in total. The summed E-state index contributed by atoms with van der Waals surface area (Å²) >= 11 is 0. The minimum absolute atomic E-state index is 0.0235. The molecule has 166 valence electrons. The Morgan fingerprint density at radius 1 is 1.31 bits per heavy atom. The molecule has 0 saturated carbocycles. The van der Waals surface area contributed by atoms with E-state index in [-0.39, 0.29) is 24.8 Å². The zero-order valence-electron chi connectivity index (χ0n) is 18.2. The van der Waals surface area contributed by atoms with E-state index in [0.29, 0.717) is 6.42 Å². The number of carbonyl (C=O) groups excluding carboxylic acids is 2. The number of carboxylic acid groups (broad SMARTS) is 1. The summed E-state index contributed by atoms with van der Waals surface area (Å²) in [6, 6.07) is -2.05. The van der Waals surface area contributed by atoms with Crippen LogP contribution in [-0.4, -0.2) is 63.4 Å². The van der Waals surface area contributed by atoms with Gasteiger partial charge >= 0.3 is 12.1 Å². The molecule has 1 aliphatic rings. The number of rotatable bonds is 9. The zero-order valence-corrected chi connectivity index (χ0v) is 18.2. The monoisotopic (exact) mass is 412 g/mol. The molecule has 0 aromatic rings. The molecule has 1 heterocycles. The fraction of sp³-hybridized carbons (Fsp3) is 0.762. The lowest BCUT2D eigenvalue weighted by atomic mass is 9.88. The van der Waals surface area contributed by atoms with Gasteiger partial charge in [-0.3, -0.25) is 4.79 Å². The van der Waals surface area contributed by atoms with Crippen LogP contribution in [0.1, 0.15) is 60.3 Å². The van der Waals surface area contributed by atoms with Gasteiger partial charge in [-0.1, -0.05) is 19.9 Å². The molecule has 0 spiro atoms. The van der Waals surface area contributed by atoms with Crippen molar-refractivity contribution in [2.75, 3.05) is 6.54 Å². The largest absolute Gasteiger partial charge is 0.480 e. The molecule has 5 atom stereocenters. The minimum atomic E-state index is -1.17. The number of allylic oxidation sites excluding steroid dienone is 1. The van der Waals surface area contributed by atoms with Gasteiger partial charge in [0.2, 0.25) is 5.91 Å². The summed E-state index contributed by atoms with van der Waals surface area (Å²) in [6.45, 7) is 12.7. The van der Waals surface area contributed by atoms with Crippen molar-refractivity contribution in [3.8, 4) is 0 Å². The molecule has 0 radical (unpaired) electrons. The normalized spacial score (nSPS) is 22.5. The van der Waals surface area contributed by atoms with Crippen LogP contribution >= 0.6 is 0 Å². The maximum atomic E-state index is 13.2. The molecule has 8 nitrogen and oxygen atoms in total. The number of aliphatic hydroxyl groups excluding tert-OH is 1. The van der Waals surface area contributed by atoms with Crippen LogP contribution in [0, 0.1) is 11.8 Å². The van der Waals surface area contributed by atoms with Gasteiger partial charge in [-0.2, -0.15) is 0 Å². The maximum Gasteiger partial charge on any atom is 0.408 e. The number of alkyl carbamates (subject to hydrolysis) is 1. The molecule has 1 aliphatic heterocycles. The van der Waals surface area contributed by atoms with Crippen LogP contribution in [0.25, 0.3) is 0 Å². The van der Waals surface area contributed by atoms with Crippen LogP contribution in [0.2, 0.25) is 0 Å². The molecule has 0 aromatic heterocycles. The van der Waals surface area contributed by atoms with Gasteiger partial charge in [0.1, 0.15) is 17.7 Å². The van der Waals surface area contributed by atoms with E-state index in [9.17, 15) is 24.6 Å². The summed E-state index contributed by atoms with van der Waals surface area (Å²) in [7, 11) is 0. The number of aliphatic carboxylic acids is 1. The Hall–Kier alpha value is -2.09. The number of hydrogen-bond donors (Lipinski definition) is 3. The second kappa shape index (κ2) is 10.6. The Morgan fingerprint density at radius 2 is 1.93 bits per heavy atom. The topological polar surface area (TPSA) is 116 Å². The van der Waals surface area contributed by atoms with Gasteiger partial charge in [0.05, 0.1) is 6.10 Å². The standard InChI is InChI=1S/C21H36N2O6/c1-7-8-9-13(2)10-14(3)17(22-20(28)29-21(4,5)6)18(25)23-12-15(24)11-16(23)19(26)27/h7,13-17,24H,1,8-12H2,2-6H3,(H,22,28)(H,26,27)/t13?,14-,15-,16+,17?/m1/s1. The predicted octanol–water partition coefficient (Wildman–Crippen LogP) is 2.55. The van der Waals surface area contributed by atoms with Crippen molar-refractivity contribution < 1.29 is 29.3 Å². The quantitative estimate of drug-likeness (QED) is 0.501. The highest BCUT2D eigenvalue weighted by Gasteiger charge is 2.43. The van der Waals surface area contributed by atoms with E-state index >= 15 is 0 Å². The van der Waals surface area contributed by atoms with Crippen LogP contribution in [0.5, 0.6) is 0 Å². The number of carbonyl (C=O) groups is 3. The summed E-state index contributed by atoms with van der Waals surface area (Å²) in [5.41, 5.74) is -0.731. The molecule has 0 bridgehead atoms. The van der Waals surface area contributed by atoms with E-state index in [0.717, 1.165) is 17.7 Å². The average Bonchev–Trinajstić information content (AvgIpc) is 2.97. The molecule has 29 heavy (non-hydrogen) atoms. The molecule has 0 aromatic carbocycles. The number of nitrogens with one attached hydrogen (secondary N) is 1. The first-order valence-electron chi connectivity index (χ1n) is 10.2. The molecular weight excluding hydrogens is 376 g/mol. The SMILES string of the molecule is C=CCCC(C)C[C@@H](C)C(NC(=O)OC(C)(C)C)C(=O)N1C[C@H](O)C[C@H]1C(=O)O. The molecule has 2 amide bonds. The Bertz CT molecular complexity index is 600. The lowest BCUT2D eigenvalue weighted by Gasteiger charge is -2.32. The van der Waals surface area contributed by atoms with Gasteiger partial charge in [0, 0.05) is 13.0 Å². The number of ether oxygens (including phenoxy) is 1. The van der Waals surface area contributed by atoms with Gasteiger partial charge in [0.25, 0.3) is 0 Å². The average molecular weight is 413 g/mol. The number of aliphatic hydroxyl groups is 1. The van der Waals surface area contributed by atoms with Crippen molar-refractivity contribution in [1.82, 2.24) is 10.2 Å². The molecule has 8 heteroatoms. The zero-order chi connectivity index (χ0) is 22.4. The predicted molar refractivity (Wildman–Crippen MR) is 109 cm³/mol. The lowest BCUT2D eigenvalue weighted by molar-refractivity contribution is -0.149. The fourth-order valence-corrected chi connectivity index (χ4v) is 3.64. The van der Waals surface area contributed by atoms with Crippen molar-refractivity contribution in [3.05, 3.63) is 12.7 Å². The third-order valence-corrected chi connectivity index (χ3v) is 4.99. The van der Waals surface area contributed by atoms with Crippen LogP contribution in [0.3, 0.4) is 0 Å². The first-order chi connectivity index (χ1) is 13.4. The number of nitrogens with zero attached hydrogens (tertiary/aromatic N) is 1. The smallest absolute Gasteiger partial charge is 0.408 e. The highest BCUT2D eigenvalue weighted by Crippen LogP contribution is 2.25. The van der Waals surface area contributed by atoms with Crippen molar-refractivity contribution in [2.45, 2.75) is 84.1 Å². The summed E-state index contributed by atoms with van der Waals surface area (Å²) in [5.74, 6) is -1.64. The molecule has 1 fully saturated rings. The number of likely N-dealkylation sites (tertiary alicyclic amines) is 1. The van der Waals surface area contributed by atoms with E-state index in [1.807, 2.05) is 13.0 Å². The van der Waals surface area contributed by atoms with Crippen LogP contribution in [0.4, 0.5) is 4.79 Å². The first-order valence-corrected chi connectivity index (χ1v) is 10.2. The highest BCUT2D eigenvalue weighted by molar-refractivity contribution is 5.90. The van der Waals surface area contributed by atoms with Crippen molar-refractivity contribution >= 4 is 18.0 Å². The van der Waals surface area contributed by atoms with E-state index in [1.54, 1.807) is 20.8 Å². The number of carboxylic acids is 1. The van der Waals surface area contributed by atoms with Gasteiger partial charge < -0.3 is 25.2 Å². The van der Waals surface area contributed by atoms with E-state index in [4.69, 9.17) is 4.74 Å². The van der Waals surface area contributed by atoms with Crippen molar-refractivity contribution in [2.24, 2.45) is 11.8 Å². The Morgan fingerprint density at radius 3 is 2.45 bits per heavy atom. The molecule has 0 aliphatic carbocycles. The van der Waals surface area contributed by atoms with Crippen LogP contribution in [-0.2, 0) is 14.3 Å². The van der Waals surface area contributed by atoms with Crippen molar-refractivity contribution in [3.63, 3.8) is 0 Å². The lowest BCUT2D eigenvalue weighted by Crippen LogP contribution is -2.55. The summed E-state index contributed by atoms with van der Waals surface area (Å²) in [6.07, 6.45) is 2.61. The Labute approximate surface area is 173 Å². The van der Waals surface area contributed by atoms with Crippen LogP contribution in [0.15, 0.2) is 12.7 Å².